The molecule has 1 aromatic carbocycles. The maximum absolute atomic E-state index is 4.92. The van der Waals surface area contributed by atoms with E-state index in [1.54, 1.807) is 17.7 Å². The number of benzene rings is 1. The second-order valence-corrected chi connectivity index (χ2v) is 8.02. The lowest BCUT2D eigenvalue weighted by atomic mass is 10.0. The summed E-state index contributed by atoms with van der Waals surface area (Å²) in [7, 11) is 0. The first-order chi connectivity index (χ1) is 11.9. The van der Waals surface area contributed by atoms with Crippen LogP contribution in [0.5, 0.6) is 0 Å². The molecule has 0 saturated carbocycles. The number of aromatic nitrogens is 3. The normalized spacial score (nSPS) is 18.5. The molecular weight excluding hydrogens is 336 g/mol. The van der Waals surface area contributed by atoms with E-state index in [-0.39, 0.29) is 0 Å². The Hall–Kier alpha value is -2.05. The van der Waals surface area contributed by atoms with Gasteiger partial charge in [-0.15, -0.1) is 22.7 Å². The van der Waals surface area contributed by atoms with Gasteiger partial charge < -0.3 is 4.90 Å². The molecule has 0 aliphatic carbocycles. The number of fused-ring (bicyclic) bond motifs is 2. The Morgan fingerprint density at radius 2 is 2.04 bits per heavy atom. The van der Waals surface area contributed by atoms with Crippen molar-refractivity contribution in [2.75, 3.05) is 11.4 Å². The van der Waals surface area contributed by atoms with Gasteiger partial charge in [-0.05, 0) is 42.8 Å². The molecule has 3 aromatic heterocycles. The standard InChI is InChI=1S/C18H16N4S2/c1-2-7-15-13(5-1)21-18(24-15)14-6-3-4-9-22(14)16-12-8-10-23-17(12)20-11-19-16/h1-2,5,7-8,10-11,14H,3-4,6,9H2/t14-/m0/s1. The number of hydrogen-bond acceptors (Lipinski definition) is 6. The van der Waals surface area contributed by atoms with Crippen LogP contribution in [0.15, 0.2) is 42.0 Å². The summed E-state index contributed by atoms with van der Waals surface area (Å²) in [4.78, 5) is 17.4. The summed E-state index contributed by atoms with van der Waals surface area (Å²) in [5.41, 5.74) is 1.10. The molecule has 24 heavy (non-hydrogen) atoms. The Kier molecular flexibility index (Phi) is 3.45. The zero-order chi connectivity index (χ0) is 15.9. The van der Waals surface area contributed by atoms with E-state index in [1.165, 1.54) is 22.5 Å². The molecule has 0 spiro atoms. The summed E-state index contributed by atoms with van der Waals surface area (Å²) < 4.78 is 1.27. The molecule has 1 fully saturated rings. The van der Waals surface area contributed by atoms with Gasteiger partial charge in [0.05, 0.1) is 21.6 Å². The first-order valence-corrected chi connectivity index (χ1v) is 9.90. The van der Waals surface area contributed by atoms with Crippen LogP contribution in [-0.4, -0.2) is 21.5 Å². The highest BCUT2D eigenvalue weighted by molar-refractivity contribution is 7.18. The molecule has 4 heterocycles. The van der Waals surface area contributed by atoms with Crippen LogP contribution in [0.2, 0.25) is 0 Å². The lowest BCUT2D eigenvalue weighted by molar-refractivity contribution is 0.470. The van der Waals surface area contributed by atoms with E-state index in [0.717, 1.165) is 34.5 Å². The monoisotopic (exact) mass is 352 g/mol. The zero-order valence-electron chi connectivity index (χ0n) is 13.1. The minimum atomic E-state index is 0.314. The summed E-state index contributed by atoms with van der Waals surface area (Å²) in [5, 5.41) is 4.47. The molecule has 1 saturated heterocycles. The summed E-state index contributed by atoms with van der Waals surface area (Å²) in [5.74, 6) is 1.06. The second kappa shape index (κ2) is 5.79. The SMILES string of the molecule is c1ccc2sc([C@@H]3CCCCN3c3ncnc4sccc34)nc2c1. The predicted octanol–water partition coefficient (Wildman–Crippen LogP) is 5.03. The third-order valence-electron chi connectivity index (χ3n) is 4.61. The van der Waals surface area contributed by atoms with Crippen LogP contribution in [-0.2, 0) is 0 Å². The first kappa shape index (κ1) is 14.3. The van der Waals surface area contributed by atoms with Gasteiger partial charge in [0.2, 0.25) is 0 Å². The zero-order valence-corrected chi connectivity index (χ0v) is 14.7. The van der Waals surface area contributed by atoms with E-state index in [1.807, 2.05) is 11.3 Å². The minimum Gasteiger partial charge on any atom is -0.347 e. The average molecular weight is 352 g/mol. The van der Waals surface area contributed by atoms with Crippen molar-refractivity contribution in [3.05, 3.63) is 47.0 Å². The molecule has 120 valence electrons. The van der Waals surface area contributed by atoms with Gasteiger partial charge >= 0.3 is 0 Å². The van der Waals surface area contributed by atoms with Gasteiger partial charge in [0.1, 0.15) is 22.0 Å². The van der Waals surface area contributed by atoms with Crippen molar-refractivity contribution in [3.8, 4) is 0 Å². The number of thiophene rings is 1. The van der Waals surface area contributed by atoms with E-state index < -0.39 is 0 Å². The summed E-state index contributed by atoms with van der Waals surface area (Å²) in [6.45, 7) is 1.03. The number of rotatable bonds is 2. The molecule has 1 aliphatic heterocycles. The Morgan fingerprint density at radius 3 is 3.00 bits per heavy atom. The lowest BCUT2D eigenvalue weighted by Crippen LogP contribution is -2.34. The molecule has 0 amide bonds. The quantitative estimate of drug-likeness (QED) is 0.507. The second-order valence-electron chi connectivity index (χ2n) is 6.06. The molecule has 0 bridgehead atoms. The molecule has 0 radical (unpaired) electrons. The number of anilines is 1. The van der Waals surface area contributed by atoms with Gasteiger partial charge in [-0.2, -0.15) is 0 Å². The molecule has 6 heteroatoms. The minimum absolute atomic E-state index is 0.314. The number of piperidine rings is 1. The average Bonchev–Trinajstić information content (AvgIpc) is 3.28. The maximum atomic E-state index is 4.92. The van der Waals surface area contributed by atoms with E-state index >= 15 is 0 Å². The molecule has 5 rings (SSSR count). The molecule has 0 N–H and O–H groups in total. The maximum Gasteiger partial charge on any atom is 0.141 e. The van der Waals surface area contributed by atoms with Crippen LogP contribution in [0.25, 0.3) is 20.4 Å². The summed E-state index contributed by atoms with van der Waals surface area (Å²) in [6.07, 6.45) is 5.28. The van der Waals surface area contributed by atoms with Crippen LogP contribution in [0.4, 0.5) is 5.82 Å². The molecule has 4 aromatic rings. The fourth-order valence-electron chi connectivity index (χ4n) is 3.48. The fourth-order valence-corrected chi connectivity index (χ4v) is 5.32. The van der Waals surface area contributed by atoms with Gasteiger partial charge in [0.25, 0.3) is 0 Å². The van der Waals surface area contributed by atoms with Gasteiger partial charge in [-0.1, -0.05) is 12.1 Å². The van der Waals surface area contributed by atoms with Crippen LogP contribution in [0, 0.1) is 0 Å². The van der Waals surface area contributed by atoms with Crippen LogP contribution >= 0.6 is 22.7 Å². The highest BCUT2D eigenvalue weighted by Gasteiger charge is 2.29. The van der Waals surface area contributed by atoms with E-state index in [0.29, 0.717) is 6.04 Å². The highest BCUT2D eigenvalue weighted by Crippen LogP contribution is 2.40. The van der Waals surface area contributed by atoms with Crippen LogP contribution in [0.3, 0.4) is 0 Å². The summed E-state index contributed by atoms with van der Waals surface area (Å²) in [6, 6.07) is 10.9. The predicted molar refractivity (Wildman–Crippen MR) is 101 cm³/mol. The summed E-state index contributed by atoms with van der Waals surface area (Å²) >= 11 is 3.49. The lowest BCUT2D eigenvalue weighted by Gasteiger charge is -2.35. The fraction of sp³-hybridized carbons (Fsp3) is 0.278. The number of nitrogens with zero attached hydrogens (tertiary/aromatic N) is 4. The third-order valence-corrected chi connectivity index (χ3v) is 6.57. The largest absolute Gasteiger partial charge is 0.347 e. The van der Waals surface area contributed by atoms with Gasteiger partial charge in [-0.3, -0.25) is 0 Å². The number of para-hydroxylation sites is 1. The van der Waals surface area contributed by atoms with Crippen molar-refractivity contribution in [3.63, 3.8) is 0 Å². The van der Waals surface area contributed by atoms with Crippen molar-refractivity contribution in [2.45, 2.75) is 25.3 Å². The van der Waals surface area contributed by atoms with Crippen LogP contribution < -0.4 is 4.90 Å². The first-order valence-electron chi connectivity index (χ1n) is 8.20. The molecular formula is C18H16N4S2. The molecule has 1 atom stereocenters. The topological polar surface area (TPSA) is 41.9 Å². The van der Waals surface area contributed by atoms with Crippen molar-refractivity contribution in [1.82, 2.24) is 15.0 Å². The molecule has 1 aliphatic rings. The van der Waals surface area contributed by atoms with E-state index in [2.05, 4.69) is 50.6 Å². The Bertz CT molecular complexity index is 973. The van der Waals surface area contributed by atoms with E-state index in [9.17, 15) is 0 Å². The van der Waals surface area contributed by atoms with Gasteiger partial charge in [0.15, 0.2) is 0 Å². The smallest absolute Gasteiger partial charge is 0.141 e. The number of thiazole rings is 1. The van der Waals surface area contributed by atoms with Gasteiger partial charge in [-0.25, -0.2) is 15.0 Å². The molecule has 0 unspecified atom stereocenters. The number of hydrogen-bond donors (Lipinski definition) is 0. The van der Waals surface area contributed by atoms with Crippen molar-refractivity contribution in [1.29, 1.82) is 0 Å². The molecule has 4 nitrogen and oxygen atoms in total. The van der Waals surface area contributed by atoms with Crippen molar-refractivity contribution in [2.24, 2.45) is 0 Å². The Morgan fingerprint density at radius 1 is 1.08 bits per heavy atom. The van der Waals surface area contributed by atoms with E-state index in [4.69, 9.17) is 4.98 Å². The van der Waals surface area contributed by atoms with Gasteiger partial charge in [0, 0.05) is 6.54 Å². The highest BCUT2D eigenvalue weighted by atomic mass is 32.1. The Balaban J connectivity index is 1.62. The Labute approximate surface area is 147 Å². The van der Waals surface area contributed by atoms with Crippen molar-refractivity contribution < 1.29 is 0 Å². The van der Waals surface area contributed by atoms with Crippen molar-refractivity contribution >= 4 is 48.9 Å². The van der Waals surface area contributed by atoms with Crippen LogP contribution in [0.1, 0.15) is 30.3 Å². The third kappa shape index (κ3) is 2.29.